The van der Waals surface area contributed by atoms with Crippen molar-refractivity contribution in [3.63, 3.8) is 0 Å². The quantitative estimate of drug-likeness (QED) is 0.0777. The Morgan fingerprint density at radius 3 is 0.925 bits per heavy atom. The molecule has 0 saturated heterocycles. The fourth-order valence-corrected chi connectivity index (χ4v) is 2.72. The molecule has 0 aromatic heterocycles. The summed E-state index contributed by atoms with van der Waals surface area (Å²) in [4.78, 5) is 13.2. The number of nitrogens with zero attached hydrogens (tertiary/aromatic N) is 1. The molecule has 0 heterocycles. The van der Waals surface area contributed by atoms with E-state index in [-0.39, 0.29) is 12.4 Å². The van der Waals surface area contributed by atoms with Crippen LogP contribution in [-0.4, -0.2) is 170 Å². The van der Waals surface area contributed by atoms with E-state index >= 15 is 0 Å². The summed E-state index contributed by atoms with van der Waals surface area (Å²) in [5.74, 6) is -0.249. The van der Waals surface area contributed by atoms with Gasteiger partial charge in [-0.2, -0.15) is 0 Å². The first-order valence-electron chi connectivity index (χ1n) is 14.2. The Hall–Kier alpha value is -0.970. The summed E-state index contributed by atoms with van der Waals surface area (Å²) >= 11 is 0. The molecule has 0 spiro atoms. The van der Waals surface area contributed by atoms with Crippen molar-refractivity contribution >= 4 is 5.97 Å². The molecular formula is C27H55NO12. The first kappa shape index (κ1) is 39.0. The second-order valence-electron chi connectivity index (χ2n) is 8.48. The maximum atomic E-state index is 11.1. The zero-order valence-corrected chi connectivity index (χ0v) is 25.1. The number of ether oxygens (including phenoxy) is 11. The van der Waals surface area contributed by atoms with E-state index in [1.165, 1.54) is 0 Å². The van der Waals surface area contributed by atoms with Gasteiger partial charge in [0, 0.05) is 6.54 Å². The van der Waals surface area contributed by atoms with Gasteiger partial charge in [0.1, 0.15) is 0 Å². The molecule has 0 bridgehead atoms. The molecule has 0 fully saturated rings. The molecule has 0 amide bonds. The van der Waals surface area contributed by atoms with Gasteiger partial charge in [0.25, 0.3) is 0 Å². The topological polar surface area (TPSA) is 122 Å². The lowest BCUT2D eigenvalue weighted by atomic mass is 10.5. The SMILES string of the molecule is CCOC(=O)CCOCCOCCOCCOCCOCCOCCOCCOCCOCCOCCN(C)C. The van der Waals surface area contributed by atoms with E-state index < -0.39 is 0 Å². The Morgan fingerprint density at radius 1 is 0.425 bits per heavy atom. The molecule has 0 radical (unpaired) electrons. The van der Waals surface area contributed by atoms with Crippen molar-refractivity contribution in [2.45, 2.75) is 13.3 Å². The Kier molecular flexibility index (Phi) is 33.4. The van der Waals surface area contributed by atoms with Crippen molar-refractivity contribution in [1.82, 2.24) is 4.90 Å². The van der Waals surface area contributed by atoms with Crippen molar-refractivity contribution < 1.29 is 56.9 Å². The number of carbonyl (C=O) groups is 1. The number of carbonyl (C=O) groups excluding carboxylic acids is 1. The number of esters is 1. The monoisotopic (exact) mass is 585 g/mol. The summed E-state index contributed by atoms with van der Waals surface area (Å²) < 4.78 is 59.1. The standard InChI is InChI=1S/C27H55NO12/c1-4-40-27(29)5-7-30-9-11-32-13-15-34-17-19-36-21-23-38-25-26-39-24-22-37-20-18-35-16-14-33-12-10-31-8-6-28(2)3/h4-26H2,1-3H3. The zero-order chi connectivity index (χ0) is 29.2. The number of hydrogen-bond acceptors (Lipinski definition) is 13. The average molecular weight is 586 g/mol. The lowest BCUT2D eigenvalue weighted by Crippen LogP contribution is -2.19. The van der Waals surface area contributed by atoms with E-state index in [0.29, 0.717) is 139 Å². The van der Waals surface area contributed by atoms with Crippen molar-refractivity contribution in [2.75, 3.05) is 159 Å². The predicted octanol–water partition coefficient (Wildman–Crippen LogP) is 0.667. The van der Waals surface area contributed by atoms with Gasteiger partial charge in [-0.1, -0.05) is 0 Å². The third kappa shape index (κ3) is 35.1. The highest BCUT2D eigenvalue weighted by molar-refractivity contribution is 5.69. The lowest BCUT2D eigenvalue weighted by molar-refractivity contribution is -0.144. The van der Waals surface area contributed by atoms with Crippen LogP contribution in [0.4, 0.5) is 0 Å². The molecule has 0 atom stereocenters. The molecule has 13 heteroatoms. The zero-order valence-electron chi connectivity index (χ0n) is 25.1. The molecular weight excluding hydrogens is 530 g/mol. The molecule has 0 rings (SSSR count). The molecule has 0 unspecified atom stereocenters. The highest BCUT2D eigenvalue weighted by Crippen LogP contribution is 1.89. The molecule has 0 aliphatic heterocycles. The Morgan fingerprint density at radius 2 is 0.675 bits per heavy atom. The van der Waals surface area contributed by atoms with Crippen molar-refractivity contribution in [3.8, 4) is 0 Å². The van der Waals surface area contributed by atoms with Crippen LogP contribution < -0.4 is 0 Å². The van der Waals surface area contributed by atoms with Gasteiger partial charge in [0.15, 0.2) is 0 Å². The normalized spacial score (nSPS) is 11.5. The average Bonchev–Trinajstić information content (AvgIpc) is 2.93. The third-order valence-corrected chi connectivity index (χ3v) is 4.79. The third-order valence-electron chi connectivity index (χ3n) is 4.79. The lowest BCUT2D eigenvalue weighted by Gasteiger charge is -2.10. The molecule has 240 valence electrons. The molecule has 0 N–H and O–H groups in total. The van der Waals surface area contributed by atoms with Crippen LogP contribution in [0.1, 0.15) is 13.3 Å². The van der Waals surface area contributed by atoms with Gasteiger partial charge in [-0.15, -0.1) is 0 Å². The second-order valence-corrected chi connectivity index (χ2v) is 8.48. The summed E-state index contributed by atoms with van der Waals surface area (Å²) in [5, 5.41) is 0. The summed E-state index contributed by atoms with van der Waals surface area (Å²) in [5.41, 5.74) is 0. The molecule has 0 saturated carbocycles. The molecule has 0 aliphatic carbocycles. The summed E-state index contributed by atoms with van der Waals surface area (Å²) in [7, 11) is 4.04. The first-order valence-corrected chi connectivity index (χ1v) is 14.2. The first-order chi connectivity index (χ1) is 19.7. The maximum Gasteiger partial charge on any atom is 0.308 e. The van der Waals surface area contributed by atoms with Gasteiger partial charge in [0.2, 0.25) is 0 Å². The highest BCUT2D eigenvalue weighted by atomic mass is 16.6. The minimum absolute atomic E-state index is 0.249. The summed E-state index contributed by atoms with van der Waals surface area (Å²) in [6.07, 6.45) is 0.259. The fourth-order valence-electron chi connectivity index (χ4n) is 2.72. The van der Waals surface area contributed by atoms with E-state index in [2.05, 4.69) is 4.90 Å². The van der Waals surface area contributed by atoms with Crippen LogP contribution in [0.15, 0.2) is 0 Å². The predicted molar refractivity (Wildman–Crippen MR) is 148 cm³/mol. The van der Waals surface area contributed by atoms with Crippen LogP contribution in [0.25, 0.3) is 0 Å². The van der Waals surface area contributed by atoms with E-state index in [9.17, 15) is 4.79 Å². The van der Waals surface area contributed by atoms with Gasteiger partial charge in [-0.25, -0.2) is 0 Å². The molecule has 0 aromatic carbocycles. The Bertz CT molecular complexity index is 502. The van der Waals surface area contributed by atoms with Crippen molar-refractivity contribution in [3.05, 3.63) is 0 Å². The van der Waals surface area contributed by atoms with Gasteiger partial charge in [0.05, 0.1) is 145 Å². The van der Waals surface area contributed by atoms with E-state index in [1.807, 2.05) is 14.1 Å². The van der Waals surface area contributed by atoms with E-state index in [1.54, 1.807) is 6.92 Å². The molecule has 40 heavy (non-hydrogen) atoms. The van der Waals surface area contributed by atoms with Crippen LogP contribution in [0.5, 0.6) is 0 Å². The molecule has 0 aliphatic rings. The van der Waals surface area contributed by atoms with E-state index in [0.717, 1.165) is 6.54 Å². The van der Waals surface area contributed by atoms with Gasteiger partial charge < -0.3 is 57.0 Å². The van der Waals surface area contributed by atoms with Gasteiger partial charge in [-0.05, 0) is 21.0 Å². The summed E-state index contributed by atoms with van der Waals surface area (Å²) in [6, 6.07) is 0. The number of likely N-dealkylation sites (N-methyl/N-ethyl adjacent to an activating group) is 1. The minimum atomic E-state index is -0.249. The van der Waals surface area contributed by atoms with Crippen molar-refractivity contribution in [1.29, 1.82) is 0 Å². The van der Waals surface area contributed by atoms with Crippen LogP contribution in [0, 0.1) is 0 Å². The highest BCUT2D eigenvalue weighted by Gasteiger charge is 2.01. The number of hydrogen-bond donors (Lipinski definition) is 0. The summed E-state index contributed by atoms with van der Waals surface area (Å²) in [6.45, 7) is 13.4. The van der Waals surface area contributed by atoms with Crippen LogP contribution >= 0.6 is 0 Å². The second kappa shape index (κ2) is 34.2. The largest absolute Gasteiger partial charge is 0.466 e. The minimum Gasteiger partial charge on any atom is -0.466 e. The smallest absolute Gasteiger partial charge is 0.308 e. The molecule has 0 aromatic rings. The van der Waals surface area contributed by atoms with E-state index in [4.69, 9.17) is 52.1 Å². The number of rotatable bonds is 34. The van der Waals surface area contributed by atoms with Crippen LogP contribution in [0.2, 0.25) is 0 Å². The Labute approximate surface area is 240 Å². The fraction of sp³-hybridized carbons (Fsp3) is 0.963. The van der Waals surface area contributed by atoms with Crippen LogP contribution in [-0.2, 0) is 56.9 Å². The molecule has 13 nitrogen and oxygen atoms in total. The van der Waals surface area contributed by atoms with Crippen molar-refractivity contribution in [2.24, 2.45) is 0 Å². The van der Waals surface area contributed by atoms with Gasteiger partial charge >= 0.3 is 5.97 Å². The van der Waals surface area contributed by atoms with Crippen LogP contribution in [0.3, 0.4) is 0 Å². The maximum absolute atomic E-state index is 11.1. The Balaban J connectivity index is 3.05. The van der Waals surface area contributed by atoms with Gasteiger partial charge in [-0.3, -0.25) is 4.79 Å².